The lowest BCUT2D eigenvalue weighted by atomic mass is 10.1. The standard InChI is InChI=1S/C14H12N4/c1-9-13(18-14(15)17-9)8-10-4-5-12-11(7-10)3-2-6-16-12/h2-8H,1H2,(H3,15,17,18)/b13-8-. The highest BCUT2D eigenvalue weighted by Gasteiger charge is 1.96. The molecule has 4 heteroatoms. The molecule has 3 rings (SSSR count). The van der Waals surface area contributed by atoms with E-state index in [1.165, 1.54) is 0 Å². The Hall–Kier alpha value is -2.62. The van der Waals surface area contributed by atoms with Gasteiger partial charge in [0.15, 0.2) is 5.95 Å². The molecule has 18 heavy (non-hydrogen) atoms. The molecule has 3 N–H and O–H groups in total. The number of fused-ring (bicyclic) bond motifs is 1. The summed E-state index contributed by atoms with van der Waals surface area (Å²) in [5.41, 5.74) is 7.61. The number of anilines is 1. The van der Waals surface area contributed by atoms with E-state index >= 15 is 0 Å². The van der Waals surface area contributed by atoms with Crippen molar-refractivity contribution in [3.8, 4) is 0 Å². The van der Waals surface area contributed by atoms with Gasteiger partial charge >= 0.3 is 0 Å². The van der Waals surface area contributed by atoms with Crippen molar-refractivity contribution in [3.05, 3.63) is 52.8 Å². The molecular weight excluding hydrogens is 224 g/mol. The fourth-order valence-electron chi connectivity index (χ4n) is 1.90. The Labute approximate surface area is 104 Å². The van der Waals surface area contributed by atoms with Crippen LogP contribution in [0.1, 0.15) is 5.56 Å². The molecule has 0 amide bonds. The minimum Gasteiger partial charge on any atom is -0.369 e. The van der Waals surface area contributed by atoms with Crippen LogP contribution in [0.15, 0.2) is 36.5 Å². The molecule has 4 nitrogen and oxygen atoms in total. The normalized spacial score (nSPS) is 12.1. The number of pyridine rings is 1. The quantitative estimate of drug-likeness (QED) is 0.656. The summed E-state index contributed by atoms with van der Waals surface area (Å²) in [5.74, 6) is 0.383. The smallest absolute Gasteiger partial charge is 0.198 e. The van der Waals surface area contributed by atoms with E-state index in [1.54, 1.807) is 6.20 Å². The van der Waals surface area contributed by atoms with Crippen molar-refractivity contribution in [2.24, 2.45) is 0 Å². The largest absolute Gasteiger partial charge is 0.369 e. The van der Waals surface area contributed by atoms with Crippen LogP contribution in [0.3, 0.4) is 0 Å². The van der Waals surface area contributed by atoms with E-state index < -0.39 is 0 Å². The average Bonchev–Trinajstić information content (AvgIpc) is 2.68. The third-order valence-corrected chi connectivity index (χ3v) is 2.76. The van der Waals surface area contributed by atoms with Gasteiger partial charge in [-0.15, -0.1) is 0 Å². The number of hydrogen-bond acceptors (Lipinski definition) is 3. The fraction of sp³-hybridized carbons (Fsp3) is 0. The van der Waals surface area contributed by atoms with Crippen LogP contribution < -0.4 is 16.4 Å². The van der Waals surface area contributed by atoms with Gasteiger partial charge in [-0.3, -0.25) is 4.98 Å². The van der Waals surface area contributed by atoms with Crippen LogP contribution in [0.4, 0.5) is 5.95 Å². The van der Waals surface area contributed by atoms with Crippen molar-refractivity contribution >= 4 is 29.5 Å². The Kier molecular flexibility index (Phi) is 2.34. The van der Waals surface area contributed by atoms with Crippen LogP contribution in [-0.2, 0) is 0 Å². The predicted octanol–water partition coefficient (Wildman–Crippen LogP) is 0.779. The topological polar surface area (TPSA) is 67.6 Å². The highest BCUT2D eigenvalue weighted by molar-refractivity contribution is 5.80. The van der Waals surface area contributed by atoms with E-state index in [-0.39, 0.29) is 0 Å². The molecule has 2 heterocycles. The zero-order valence-electron chi connectivity index (χ0n) is 9.72. The molecule has 0 spiro atoms. The molecule has 1 aromatic carbocycles. The van der Waals surface area contributed by atoms with Gasteiger partial charge in [-0.1, -0.05) is 18.7 Å². The fourth-order valence-corrected chi connectivity index (χ4v) is 1.90. The molecule has 3 aromatic rings. The summed E-state index contributed by atoms with van der Waals surface area (Å²) in [6.07, 6.45) is 3.73. The van der Waals surface area contributed by atoms with E-state index in [2.05, 4.69) is 27.6 Å². The van der Waals surface area contributed by atoms with Crippen LogP contribution in [0.25, 0.3) is 23.6 Å². The van der Waals surface area contributed by atoms with Crippen molar-refractivity contribution in [2.75, 3.05) is 5.73 Å². The number of nitrogens with zero attached hydrogens (tertiary/aromatic N) is 2. The minimum absolute atomic E-state index is 0.383. The molecule has 0 aliphatic carbocycles. The maximum atomic E-state index is 5.59. The van der Waals surface area contributed by atoms with Crippen molar-refractivity contribution in [1.29, 1.82) is 0 Å². The zero-order chi connectivity index (χ0) is 12.5. The maximum absolute atomic E-state index is 5.59. The summed E-state index contributed by atoms with van der Waals surface area (Å²) < 4.78 is 0. The van der Waals surface area contributed by atoms with Crippen molar-refractivity contribution in [2.45, 2.75) is 0 Å². The van der Waals surface area contributed by atoms with Gasteiger partial charge in [-0.2, -0.15) is 0 Å². The number of aromatic amines is 1. The average molecular weight is 236 g/mol. The Balaban J connectivity index is 2.18. The molecule has 0 aliphatic rings. The summed E-state index contributed by atoms with van der Waals surface area (Å²) in [6, 6.07) is 10.0. The van der Waals surface area contributed by atoms with Crippen LogP contribution in [0.5, 0.6) is 0 Å². The van der Waals surface area contributed by atoms with Gasteiger partial charge in [0.2, 0.25) is 0 Å². The van der Waals surface area contributed by atoms with Crippen molar-refractivity contribution in [1.82, 2.24) is 15.0 Å². The molecule has 0 saturated heterocycles. The Morgan fingerprint density at radius 1 is 1.28 bits per heavy atom. The molecule has 0 radical (unpaired) electrons. The van der Waals surface area contributed by atoms with Gasteiger partial charge in [0.1, 0.15) is 0 Å². The number of aromatic nitrogens is 3. The molecule has 0 bridgehead atoms. The first-order chi connectivity index (χ1) is 8.72. The Morgan fingerprint density at radius 2 is 2.17 bits per heavy atom. The lowest BCUT2D eigenvalue weighted by Crippen LogP contribution is -2.22. The number of nitrogens with two attached hydrogens (primary N) is 1. The van der Waals surface area contributed by atoms with E-state index in [1.807, 2.05) is 30.3 Å². The molecule has 0 saturated carbocycles. The molecular formula is C14H12N4. The second-order valence-corrected chi connectivity index (χ2v) is 4.09. The first kappa shape index (κ1) is 10.5. The summed E-state index contributed by atoms with van der Waals surface area (Å²) >= 11 is 0. The van der Waals surface area contributed by atoms with Crippen molar-refractivity contribution in [3.63, 3.8) is 0 Å². The molecule has 0 unspecified atom stereocenters. The predicted molar refractivity (Wildman–Crippen MR) is 73.1 cm³/mol. The zero-order valence-corrected chi connectivity index (χ0v) is 9.72. The van der Waals surface area contributed by atoms with Gasteiger partial charge in [0.05, 0.1) is 16.2 Å². The Bertz CT molecular complexity index is 817. The second-order valence-electron chi connectivity index (χ2n) is 4.09. The van der Waals surface area contributed by atoms with Gasteiger partial charge in [-0.25, -0.2) is 4.98 Å². The highest BCUT2D eigenvalue weighted by Crippen LogP contribution is 2.13. The lowest BCUT2D eigenvalue weighted by molar-refractivity contribution is 1.30. The minimum atomic E-state index is 0.383. The number of hydrogen-bond donors (Lipinski definition) is 2. The van der Waals surface area contributed by atoms with E-state index in [4.69, 9.17) is 5.73 Å². The number of nitrogen functional groups attached to an aromatic ring is 1. The lowest BCUT2D eigenvalue weighted by Gasteiger charge is -1.97. The van der Waals surface area contributed by atoms with E-state index in [9.17, 15) is 0 Å². The monoisotopic (exact) mass is 236 g/mol. The van der Waals surface area contributed by atoms with Crippen LogP contribution in [0.2, 0.25) is 0 Å². The number of imidazole rings is 1. The second kappa shape index (κ2) is 4.00. The molecule has 0 fully saturated rings. The third kappa shape index (κ3) is 1.84. The maximum Gasteiger partial charge on any atom is 0.198 e. The first-order valence-corrected chi connectivity index (χ1v) is 5.59. The number of nitrogens with one attached hydrogen (secondary N) is 1. The van der Waals surface area contributed by atoms with Crippen LogP contribution >= 0.6 is 0 Å². The van der Waals surface area contributed by atoms with Crippen LogP contribution in [0, 0.1) is 0 Å². The Morgan fingerprint density at radius 3 is 2.94 bits per heavy atom. The summed E-state index contributed by atoms with van der Waals surface area (Å²) in [6.45, 7) is 3.86. The molecule has 0 atom stereocenters. The van der Waals surface area contributed by atoms with Gasteiger partial charge in [-0.05, 0) is 29.8 Å². The van der Waals surface area contributed by atoms with Crippen LogP contribution in [-0.4, -0.2) is 15.0 Å². The van der Waals surface area contributed by atoms with Gasteiger partial charge < -0.3 is 10.7 Å². The van der Waals surface area contributed by atoms with E-state index in [0.717, 1.165) is 27.2 Å². The van der Waals surface area contributed by atoms with Gasteiger partial charge in [0, 0.05) is 11.6 Å². The molecule has 2 aromatic heterocycles. The number of H-pyrrole nitrogens is 1. The van der Waals surface area contributed by atoms with E-state index in [0.29, 0.717) is 5.95 Å². The molecule has 88 valence electrons. The SMILES string of the molecule is C=c1[nH]c(N)n/c1=C\c1ccc2ncccc2c1. The number of benzene rings is 1. The number of rotatable bonds is 1. The summed E-state index contributed by atoms with van der Waals surface area (Å²) in [5, 5.41) is 2.58. The van der Waals surface area contributed by atoms with Gasteiger partial charge in [0.25, 0.3) is 0 Å². The summed E-state index contributed by atoms with van der Waals surface area (Å²) in [4.78, 5) is 11.3. The third-order valence-electron chi connectivity index (χ3n) is 2.76. The first-order valence-electron chi connectivity index (χ1n) is 5.59. The highest BCUT2D eigenvalue weighted by atomic mass is 15.0. The summed E-state index contributed by atoms with van der Waals surface area (Å²) in [7, 11) is 0. The molecule has 0 aliphatic heterocycles. The van der Waals surface area contributed by atoms with Crippen molar-refractivity contribution < 1.29 is 0 Å².